The van der Waals surface area contributed by atoms with Gasteiger partial charge in [-0.25, -0.2) is 8.42 Å². The summed E-state index contributed by atoms with van der Waals surface area (Å²) in [5.74, 6) is 0.371. The van der Waals surface area contributed by atoms with Crippen molar-refractivity contribution in [1.29, 1.82) is 0 Å². The van der Waals surface area contributed by atoms with Crippen molar-refractivity contribution < 1.29 is 13.2 Å². The lowest BCUT2D eigenvalue weighted by atomic mass is 10.0. The summed E-state index contributed by atoms with van der Waals surface area (Å²) in [6, 6.07) is 6.96. The molecule has 1 aliphatic heterocycles. The maximum atomic E-state index is 13.1. The molecule has 1 unspecified atom stereocenters. The Balaban J connectivity index is 2.29. The van der Waals surface area contributed by atoms with Crippen LogP contribution in [0.25, 0.3) is 0 Å². The van der Waals surface area contributed by atoms with E-state index in [4.69, 9.17) is 0 Å². The molecule has 1 amide bonds. The summed E-state index contributed by atoms with van der Waals surface area (Å²) in [5, 5.41) is 0. The fourth-order valence-corrected chi connectivity index (χ4v) is 4.83. The van der Waals surface area contributed by atoms with Crippen molar-refractivity contribution in [3.8, 4) is 0 Å². The Bertz CT molecular complexity index is 668. The van der Waals surface area contributed by atoms with Gasteiger partial charge in [-0.05, 0) is 36.5 Å². The SMILES string of the molecule is CCc1ccc(S(=O)(=O)N2CCN(C(C)=O)CC2CC(C)C)cc1. The molecule has 2 rings (SSSR count). The van der Waals surface area contributed by atoms with E-state index >= 15 is 0 Å². The molecule has 1 fully saturated rings. The van der Waals surface area contributed by atoms with E-state index in [0.717, 1.165) is 18.4 Å². The highest BCUT2D eigenvalue weighted by Gasteiger charge is 2.36. The Morgan fingerprint density at radius 2 is 1.83 bits per heavy atom. The molecule has 0 aromatic heterocycles. The van der Waals surface area contributed by atoms with Crippen LogP contribution in [0.5, 0.6) is 0 Å². The smallest absolute Gasteiger partial charge is 0.243 e. The van der Waals surface area contributed by atoms with Gasteiger partial charge in [-0.15, -0.1) is 0 Å². The van der Waals surface area contributed by atoms with Gasteiger partial charge in [-0.1, -0.05) is 32.9 Å². The van der Waals surface area contributed by atoms with Gasteiger partial charge < -0.3 is 4.90 Å². The molecule has 5 nitrogen and oxygen atoms in total. The van der Waals surface area contributed by atoms with Crippen LogP contribution in [-0.2, 0) is 21.2 Å². The van der Waals surface area contributed by atoms with Crippen molar-refractivity contribution in [2.45, 2.75) is 51.5 Å². The summed E-state index contributed by atoms with van der Waals surface area (Å²) >= 11 is 0. The first kappa shape index (κ1) is 18.9. The second-order valence-electron chi connectivity index (χ2n) is 6.86. The normalized spacial score (nSPS) is 19.7. The highest BCUT2D eigenvalue weighted by molar-refractivity contribution is 7.89. The molecular weight excluding hydrogens is 324 g/mol. The monoisotopic (exact) mass is 352 g/mol. The third-order valence-corrected chi connectivity index (χ3v) is 6.52. The minimum Gasteiger partial charge on any atom is -0.340 e. The molecule has 0 spiro atoms. The van der Waals surface area contributed by atoms with E-state index < -0.39 is 10.0 Å². The highest BCUT2D eigenvalue weighted by atomic mass is 32.2. The molecule has 6 heteroatoms. The fraction of sp³-hybridized carbons (Fsp3) is 0.611. The number of carbonyl (C=O) groups excluding carboxylic acids is 1. The molecule has 1 aromatic rings. The molecule has 1 saturated heterocycles. The lowest BCUT2D eigenvalue weighted by Crippen LogP contribution is -2.56. The number of hydrogen-bond acceptors (Lipinski definition) is 3. The van der Waals surface area contributed by atoms with Crippen LogP contribution in [0.1, 0.15) is 39.7 Å². The lowest BCUT2D eigenvalue weighted by Gasteiger charge is -2.41. The first-order valence-corrected chi connectivity index (χ1v) is 10.1. The number of carbonyl (C=O) groups is 1. The first-order valence-electron chi connectivity index (χ1n) is 8.62. The largest absolute Gasteiger partial charge is 0.340 e. The van der Waals surface area contributed by atoms with Crippen molar-refractivity contribution in [3.05, 3.63) is 29.8 Å². The first-order chi connectivity index (χ1) is 11.3. The molecule has 0 radical (unpaired) electrons. The molecule has 0 aliphatic carbocycles. The van der Waals surface area contributed by atoms with Gasteiger partial charge >= 0.3 is 0 Å². The standard InChI is InChI=1S/C18H28N2O3S/c1-5-16-6-8-18(9-7-16)24(22,23)20-11-10-19(15(4)21)13-17(20)12-14(2)3/h6-9,14,17H,5,10-13H2,1-4H3. The van der Waals surface area contributed by atoms with Crippen LogP contribution >= 0.6 is 0 Å². The molecule has 1 heterocycles. The number of rotatable bonds is 5. The second kappa shape index (κ2) is 7.66. The second-order valence-corrected chi connectivity index (χ2v) is 8.75. The van der Waals surface area contributed by atoms with E-state index in [0.29, 0.717) is 30.4 Å². The Kier molecular flexibility index (Phi) is 6.04. The molecule has 0 bridgehead atoms. The van der Waals surface area contributed by atoms with Gasteiger partial charge in [-0.2, -0.15) is 4.31 Å². The molecule has 24 heavy (non-hydrogen) atoms. The zero-order valence-corrected chi connectivity index (χ0v) is 15.8. The quantitative estimate of drug-likeness (QED) is 0.818. The molecule has 0 saturated carbocycles. The van der Waals surface area contributed by atoms with Crippen molar-refractivity contribution in [1.82, 2.24) is 9.21 Å². The Hall–Kier alpha value is -1.40. The van der Waals surface area contributed by atoms with E-state index in [2.05, 4.69) is 13.8 Å². The predicted molar refractivity (Wildman–Crippen MR) is 95.2 cm³/mol. The van der Waals surface area contributed by atoms with Crippen LogP contribution in [0.2, 0.25) is 0 Å². The number of nitrogens with zero attached hydrogens (tertiary/aromatic N) is 2. The molecule has 1 aromatic carbocycles. The third kappa shape index (κ3) is 4.16. The van der Waals surface area contributed by atoms with E-state index in [1.54, 1.807) is 28.3 Å². The van der Waals surface area contributed by atoms with Gasteiger partial charge in [0.15, 0.2) is 0 Å². The predicted octanol–water partition coefficient (Wildman–Crippen LogP) is 2.52. The van der Waals surface area contributed by atoms with Gasteiger partial charge in [0.1, 0.15) is 0 Å². The Morgan fingerprint density at radius 3 is 2.33 bits per heavy atom. The number of amides is 1. The number of aryl methyl sites for hydroxylation is 1. The Labute approximate surface area is 145 Å². The summed E-state index contributed by atoms with van der Waals surface area (Å²) in [6.45, 7) is 9.02. The van der Waals surface area contributed by atoms with Crippen molar-refractivity contribution in [2.24, 2.45) is 5.92 Å². The number of piperazine rings is 1. The molecule has 1 aliphatic rings. The van der Waals surface area contributed by atoms with E-state index in [1.807, 2.05) is 19.1 Å². The van der Waals surface area contributed by atoms with Gasteiger partial charge in [0.25, 0.3) is 0 Å². The zero-order valence-electron chi connectivity index (χ0n) is 15.0. The minimum atomic E-state index is -3.54. The fourth-order valence-electron chi connectivity index (χ4n) is 3.21. The van der Waals surface area contributed by atoms with Crippen LogP contribution in [0.3, 0.4) is 0 Å². The number of sulfonamides is 1. The topological polar surface area (TPSA) is 57.7 Å². The summed E-state index contributed by atoms with van der Waals surface area (Å²) in [5.41, 5.74) is 1.12. The minimum absolute atomic E-state index is 0.00750. The van der Waals surface area contributed by atoms with Crippen LogP contribution in [-0.4, -0.2) is 49.2 Å². The Morgan fingerprint density at radius 1 is 1.21 bits per heavy atom. The summed E-state index contributed by atoms with van der Waals surface area (Å²) in [4.78, 5) is 13.8. The van der Waals surface area contributed by atoms with Crippen molar-refractivity contribution in [3.63, 3.8) is 0 Å². The maximum absolute atomic E-state index is 13.1. The molecular formula is C18H28N2O3S. The van der Waals surface area contributed by atoms with Crippen LogP contribution in [0, 0.1) is 5.92 Å². The third-order valence-electron chi connectivity index (χ3n) is 4.56. The summed E-state index contributed by atoms with van der Waals surface area (Å²) < 4.78 is 27.7. The van der Waals surface area contributed by atoms with Crippen molar-refractivity contribution >= 4 is 15.9 Å². The average molecular weight is 353 g/mol. The van der Waals surface area contributed by atoms with Gasteiger partial charge in [0.05, 0.1) is 4.90 Å². The average Bonchev–Trinajstić information content (AvgIpc) is 2.54. The number of hydrogen-bond donors (Lipinski definition) is 0. The van der Waals surface area contributed by atoms with Gasteiger partial charge in [0, 0.05) is 32.6 Å². The lowest BCUT2D eigenvalue weighted by molar-refractivity contribution is -0.131. The number of benzene rings is 1. The molecule has 0 N–H and O–H groups in total. The summed E-state index contributed by atoms with van der Waals surface area (Å²) in [7, 11) is -3.54. The van der Waals surface area contributed by atoms with E-state index in [1.165, 1.54) is 0 Å². The van der Waals surface area contributed by atoms with Crippen molar-refractivity contribution in [2.75, 3.05) is 19.6 Å². The summed E-state index contributed by atoms with van der Waals surface area (Å²) in [6.07, 6.45) is 1.63. The zero-order chi connectivity index (χ0) is 17.9. The van der Waals surface area contributed by atoms with E-state index in [-0.39, 0.29) is 11.9 Å². The van der Waals surface area contributed by atoms with Gasteiger partial charge in [0.2, 0.25) is 15.9 Å². The van der Waals surface area contributed by atoms with E-state index in [9.17, 15) is 13.2 Å². The van der Waals surface area contributed by atoms with Crippen LogP contribution in [0.4, 0.5) is 0 Å². The molecule has 1 atom stereocenters. The highest BCUT2D eigenvalue weighted by Crippen LogP contribution is 2.25. The van der Waals surface area contributed by atoms with Crippen LogP contribution < -0.4 is 0 Å². The molecule has 134 valence electrons. The van der Waals surface area contributed by atoms with Gasteiger partial charge in [-0.3, -0.25) is 4.79 Å². The maximum Gasteiger partial charge on any atom is 0.243 e. The van der Waals surface area contributed by atoms with Crippen LogP contribution in [0.15, 0.2) is 29.2 Å².